The number of benzene rings is 1. The average molecular weight is 301 g/mol. The van der Waals surface area contributed by atoms with Gasteiger partial charge in [-0.2, -0.15) is 0 Å². The average Bonchev–Trinajstić information content (AvgIpc) is 2.95. The zero-order valence-corrected chi connectivity index (χ0v) is 13.6. The number of hydrogen-bond acceptors (Lipinski definition) is 4. The number of amides is 1. The molecule has 0 bridgehead atoms. The first kappa shape index (κ1) is 16.2. The van der Waals surface area contributed by atoms with E-state index in [1.54, 1.807) is 22.8 Å². The minimum absolute atomic E-state index is 0.128. The van der Waals surface area contributed by atoms with Gasteiger partial charge in [-0.1, -0.05) is 31.2 Å². The molecule has 0 aliphatic heterocycles. The predicted octanol–water partition coefficient (Wildman–Crippen LogP) is 1.63. The van der Waals surface area contributed by atoms with Crippen LogP contribution in [0.25, 0.3) is 5.69 Å². The predicted molar refractivity (Wildman–Crippen MR) is 85.9 cm³/mol. The number of hydrogen-bond donors (Lipinski definition) is 1. The highest BCUT2D eigenvalue weighted by Gasteiger charge is 2.23. The van der Waals surface area contributed by atoms with Gasteiger partial charge in [-0.05, 0) is 36.6 Å². The van der Waals surface area contributed by atoms with E-state index in [9.17, 15) is 4.79 Å². The lowest BCUT2D eigenvalue weighted by Gasteiger charge is -2.28. The molecule has 2 N–H and O–H groups in total. The smallest absolute Gasteiger partial charge is 0.275 e. The van der Waals surface area contributed by atoms with Gasteiger partial charge in [0.15, 0.2) is 5.69 Å². The molecule has 1 amide bonds. The largest absolute Gasteiger partial charge is 0.340 e. The van der Waals surface area contributed by atoms with E-state index in [0.29, 0.717) is 18.8 Å². The van der Waals surface area contributed by atoms with Crippen molar-refractivity contribution in [2.75, 3.05) is 20.1 Å². The molecule has 0 aliphatic rings. The highest BCUT2D eigenvalue weighted by atomic mass is 16.2. The molecule has 0 saturated carbocycles. The number of rotatable bonds is 5. The molecule has 1 aromatic heterocycles. The van der Waals surface area contributed by atoms with E-state index in [1.807, 2.05) is 45.0 Å². The summed E-state index contributed by atoms with van der Waals surface area (Å²) in [6.07, 6.45) is 1.66. The van der Waals surface area contributed by atoms with Crippen molar-refractivity contribution in [2.45, 2.75) is 20.8 Å². The Hall–Kier alpha value is -2.21. The van der Waals surface area contributed by atoms with Crippen LogP contribution in [0.3, 0.4) is 0 Å². The summed E-state index contributed by atoms with van der Waals surface area (Å²) < 4.78 is 1.61. The lowest BCUT2D eigenvalue weighted by Crippen LogP contribution is -2.39. The van der Waals surface area contributed by atoms with Crippen LogP contribution in [-0.2, 0) is 0 Å². The Kier molecular flexibility index (Phi) is 4.61. The Morgan fingerprint density at radius 2 is 2.14 bits per heavy atom. The van der Waals surface area contributed by atoms with Crippen molar-refractivity contribution in [3.63, 3.8) is 0 Å². The molecular formula is C16H23N5O. The summed E-state index contributed by atoms with van der Waals surface area (Å²) in [7, 11) is 1.76. The monoisotopic (exact) mass is 301 g/mol. The van der Waals surface area contributed by atoms with Gasteiger partial charge in [0.25, 0.3) is 5.91 Å². The fraction of sp³-hybridized carbons (Fsp3) is 0.438. The summed E-state index contributed by atoms with van der Waals surface area (Å²) in [5, 5.41) is 8.03. The number of carbonyl (C=O) groups excluding carboxylic acids is 1. The number of carbonyl (C=O) groups is 1. The van der Waals surface area contributed by atoms with E-state index in [-0.39, 0.29) is 11.3 Å². The van der Waals surface area contributed by atoms with Gasteiger partial charge in [0.05, 0.1) is 11.9 Å². The third kappa shape index (κ3) is 3.71. The molecule has 1 heterocycles. The minimum Gasteiger partial charge on any atom is -0.340 e. The van der Waals surface area contributed by atoms with Gasteiger partial charge < -0.3 is 10.6 Å². The molecule has 0 atom stereocenters. The summed E-state index contributed by atoms with van der Waals surface area (Å²) in [5.74, 6) is -0.152. The Balaban J connectivity index is 2.15. The van der Waals surface area contributed by atoms with E-state index >= 15 is 0 Å². The van der Waals surface area contributed by atoms with Crippen molar-refractivity contribution in [1.82, 2.24) is 19.9 Å². The summed E-state index contributed by atoms with van der Waals surface area (Å²) in [6, 6.07) is 7.88. The maximum Gasteiger partial charge on any atom is 0.275 e. The van der Waals surface area contributed by atoms with E-state index in [2.05, 4.69) is 10.3 Å². The Morgan fingerprint density at radius 1 is 1.41 bits per heavy atom. The van der Waals surface area contributed by atoms with Gasteiger partial charge in [0, 0.05) is 13.6 Å². The van der Waals surface area contributed by atoms with Crippen LogP contribution < -0.4 is 5.73 Å². The fourth-order valence-electron chi connectivity index (χ4n) is 2.23. The molecule has 6 nitrogen and oxygen atoms in total. The Labute approximate surface area is 130 Å². The third-order valence-electron chi connectivity index (χ3n) is 3.54. The first-order valence-corrected chi connectivity index (χ1v) is 7.27. The van der Waals surface area contributed by atoms with Gasteiger partial charge in [0.1, 0.15) is 0 Å². The molecule has 0 aliphatic carbocycles. The van der Waals surface area contributed by atoms with E-state index in [4.69, 9.17) is 5.73 Å². The number of nitrogens with zero attached hydrogens (tertiary/aromatic N) is 4. The Bertz CT molecular complexity index is 662. The third-order valence-corrected chi connectivity index (χ3v) is 3.54. The second-order valence-corrected chi connectivity index (χ2v) is 6.42. The first-order chi connectivity index (χ1) is 10.3. The van der Waals surface area contributed by atoms with Gasteiger partial charge in [-0.25, -0.2) is 4.68 Å². The van der Waals surface area contributed by atoms with Crippen LogP contribution in [0.15, 0.2) is 30.5 Å². The molecule has 22 heavy (non-hydrogen) atoms. The molecule has 0 saturated heterocycles. The van der Waals surface area contributed by atoms with Crippen LogP contribution in [0, 0.1) is 12.3 Å². The van der Waals surface area contributed by atoms with E-state index in [1.165, 1.54) is 0 Å². The second kappa shape index (κ2) is 6.27. The quantitative estimate of drug-likeness (QED) is 0.910. The lowest BCUT2D eigenvalue weighted by atomic mass is 9.93. The van der Waals surface area contributed by atoms with Crippen molar-refractivity contribution < 1.29 is 4.79 Å². The lowest BCUT2D eigenvalue weighted by molar-refractivity contribution is 0.0734. The molecule has 1 aromatic carbocycles. The number of aromatic nitrogens is 3. The molecule has 0 spiro atoms. The van der Waals surface area contributed by atoms with E-state index in [0.717, 1.165) is 11.3 Å². The van der Waals surface area contributed by atoms with Gasteiger partial charge in [-0.3, -0.25) is 4.79 Å². The number of aryl methyl sites for hydroxylation is 1. The molecule has 0 fully saturated rings. The second-order valence-electron chi connectivity index (χ2n) is 6.42. The van der Waals surface area contributed by atoms with Crippen molar-refractivity contribution >= 4 is 5.91 Å². The Morgan fingerprint density at radius 3 is 2.77 bits per heavy atom. The van der Waals surface area contributed by atoms with E-state index < -0.39 is 0 Å². The molecule has 0 radical (unpaired) electrons. The van der Waals surface area contributed by atoms with Crippen LogP contribution in [0.4, 0.5) is 0 Å². The maximum absolute atomic E-state index is 12.4. The zero-order valence-electron chi connectivity index (χ0n) is 13.6. The molecule has 6 heteroatoms. The normalized spacial score (nSPS) is 11.5. The SMILES string of the molecule is Cc1cccc(-n2cc(C(=O)N(C)CC(C)(C)CN)nn2)c1. The van der Waals surface area contributed by atoms with Crippen LogP contribution in [0.5, 0.6) is 0 Å². The highest BCUT2D eigenvalue weighted by Crippen LogP contribution is 2.15. The molecule has 0 unspecified atom stereocenters. The summed E-state index contributed by atoms with van der Waals surface area (Å²) in [5.41, 5.74) is 7.93. The van der Waals surface area contributed by atoms with Crippen LogP contribution in [0.2, 0.25) is 0 Å². The summed E-state index contributed by atoms with van der Waals surface area (Å²) >= 11 is 0. The van der Waals surface area contributed by atoms with Crippen molar-refractivity contribution in [3.8, 4) is 5.69 Å². The topological polar surface area (TPSA) is 77.0 Å². The van der Waals surface area contributed by atoms with Crippen LogP contribution in [-0.4, -0.2) is 45.9 Å². The molecule has 118 valence electrons. The number of nitrogens with two attached hydrogens (primary N) is 1. The fourth-order valence-corrected chi connectivity index (χ4v) is 2.23. The summed E-state index contributed by atoms with van der Waals surface area (Å²) in [4.78, 5) is 14.1. The maximum atomic E-state index is 12.4. The van der Waals surface area contributed by atoms with Gasteiger partial charge in [0.2, 0.25) is 0 Å². The summed E-state index contributed by atoms with van der Waals surface area (Å²) in [6.45, 7) is 7.15. The van der Waals surface area contributed by atoms with Crippen LogP contribution in [0.1, 0.15) is 29.9 Å². The minimum atomic E-state index is -0.152. The van der Waals surface area contributed by atoms with Crippen molar-refractivity contribution in [3.05, 3.63) is 41.7 Å². The molecular weight excluding hydrogens is 278 g/mol. The first-order valence-electron chi connectivity index (χ1n) is 7.27. The van der Waals surface area contributed by atoms with Crippen molar-refractivity contribution in [1.29, 1.82) is 0 Å². The standard InChI is InChI=1S/C16H23N5O/c1-12-6-5-7-13(8-12)21-9-14(18-19-21)15(22)20(4)11-16(2,3)10-17/h5-9H,10-11,17H2,1-4H3. The van der Waals surface area contributed by atoms with Gasteiger partial charge >= 0.3 is 0 Å². The van der Waals surface area contributed by atoms with Crippen molar-refractivity contribution in [2.24, 2.45) is 11.1 Å². The van der Waals surface area contributed by atoms with Crippen LogP contribution >= 0.6 is 0 Å². The highest BCUT2D eigenvalue weighted by molar-refractivity contribution is 5.91. The zero-order chi connectivity index (χ0) is 16.3. The van der Waals surface area contributed by atoms with Gasteiger partial charge in [-0.15, -0.1) is 5.10 Å². The molecule has 2 aromatic rings. The molecule has 2 rings (SSSR count).